The van der Waals surface area contributed by atoms with Crippen molar-refractivity contribution < 1.29 is 24.6 Å². The summed E-state index contributed by atoms with van der Waals surface area (Å²) in [6.07, 6.45) is 2.15. The molecule has 1 aromatic carbocycles. The van der Waals surface area contributed by atoms with E-state index in [-0.39, 0.29) is 46.9 Å². The van der Waals surface area contributed by atoms with Crippen LogP contribution in [0.5, 0.6) is 0 Å². The van der Waals surface area contributed by atoms with E-state index >= 15 is 0 Å². The van der Waals surface area contributed by atoms with Crippen LogP contribution in [-0.2, 0) is 11.3 Å². The lowest BCUT2D eigenvalue weighted by atomic mass is 10.1. The lowest BCUT2D eigenvalue weighted by molar-refractivity contribution is -0.139. The number of hydrogen-bond donors (Lipinski definition) is 6. The predicted octanol–water partition coefficient (Wildman–Crippen LogP) is 0.589. The number of carbonyl (C=O) groups excluding carboxylic acids is 1. The normalized spacial score (nSPS) is 11.7. The highest BCUT2D eigenvalue weighted by molar-refractivity contribution is 6.01. The fraction of sp³-hybridized carbons (Fsp3) is 0.250. The number of H-pyrrole nitrogens is 1. The number of anilines is 2. The second-order valence-electron chi connectivity index (χ2n) is 7.06. The SMILES string of the molecule is CCCC(NC(=O)c1ccc(NCc2cnc3nc(N)[nH]c(=O)c3n2)c(C(=O)O)c1)C(=O)O. The van der Waals surface area contributed by atoms with E-state index in [0.29, 0.717) is 12.1 Å². The fourth-order valence-electron chi connectivity index (χ4n) is 3.05. The van der Waals surface area contributed by atoms with Gasteiger partial charge in [-0.2, -0.15) is 4.98 Å². The van der Waals surface area contributed by atoms with E-state index in [1.54, 1.807) is 6.92 Å². The molecule has 172 valence electrons. The van der Waals surface area contributed by atoms with Crippen molar-refractivity contribution in [3.05, 3.63) is 51.6 Å². The number of amides is 1. The standard InChI is InChI=1S/C20H21N7O6/c1-2-3-13(19(32)33)25-16(28)9-4-5-12(11(6-9)18(30)31)22-7-10-8-23-15-14(24-10)17(29)27-20(21)26-15/h4-6,8,13,22H,2-3,7H2,1H3,(H,25,28)(H,30,31)(H,32,33)(H3,21,23,26,27,29). The van der Waals surface area contributed by atoms with Crippen LogP contribution in [0.25, 0.3) is 11.2 Å². The van der Waals surface area contributed by atoms with Crippen LogP contribution in [0.4, 0.5) is 11.6 Å². The first kappa shape index (κ1) is 23.1. The highest BCUT2D eigenvalue weighted by Gasteiger charge is 2.21. The van der Waals surface area contributed by atoms with Crippen LogP contribution >= 0.6 is 0 Å². The maximum Gasteiger partial charge on any atom is 0.337 e. The van der Waals surface area contributed by atoms with Crippen LogP contribution in [-0.4, -0.2) is 54.0 Å². The van der Waals surface area contributed by atoms with E-state index in [1.807, 2.05) is 0 Å². The van der Waals surface area contributed by atoms with Crippen molar-refractivity contribution in [1.82, 2.24) is 25.3 Å². The van der Waals surface area contributed by atoms with Gasteiger partial charge in [-0.05, 0) is 24.6 Å². The molecule has 33 heavy (non-hydrogen) atoms. The molecule has 2 aromatic heterocycles. The molecule has 7 N–H and O–H groups in total. The highest BCUT2D eigenvalue weighted by atomic mass is 16.4. The van der Waals surface area contributed by atoms with Crippen molar-refractivity contribution in [2.24, 2.45) is 0 Å². The number of aromatic nitrogens is 4. The Morgan fingerprint density at radius 3 is 2.64 bits per heavy atom. The summed E-state index contributed by atoms with van der Waals surface area (Å²) in [4.78, 5) is 61.8. The zero-order valence-electron chi connectivity index (χ0n) is 17.5. The molecular formula is C20H21N7O6. The second-order valence-corrected chi connectivity index (χ2v) is 7.06. The number of nitrogens with two attached hydrogens (primary N) is 1. The van der Waals surface area contributed by atoms with E-state index in [0.717, 1.165) is 6.07 Å². The number of aliphatic carboxylic acids is 1. The first-order valence-electron chi connectivity index (χ1n) is 9.86. The number of aromatic carboxylic acids is 1. The molecule has 0 saturated heterocycles. The summed E-state index contributed by atoms with van der Waals surface area (Å²) in [6, 6.07) is 2.83. The van der Waals surface area contributed by atoms with Gasteiger partial charge >= 0.3 is 11.9 Å². The van der Waals surface area contributed by atoms with Gasteiger partial charge in [0.15, 0.2) is 11.2 Å². The van der Waals surface area contributed by atoms with Gasteiger partial charge in [0.05, 0.1) is 24.0 Å². The number of carboxylic acids is 2. The Kier molecular flexibility index (Phi) is 6.81. The Hall–Kier alpha value is -4.55. The molecule has 2 heterocycles. The topological polar surface area (TPSA) is 213 Å². The van der Waals surface area contributed by atoms with Gasteiger partial charge in [-0.3, -0.25) is 14.6 Å². The number of fused-ring (bicyclic) bond motifs is 1. The van der Waals surface area contributed by atoms with Crippen molar-refractivity contribution in [2.75, 3.05) is 11.1 Å². The van der Waals surface area contributed by atoms with Crippen LogP contribution in [0.15, 0.2) is 29.2 Å². The fourth-order valence-corrected chi connectivity index (χ4v) is 3.05. The van der Waals surface area contributed by atoms with Gasteiger partial charge < -0.3 is 26.6 Å². The molecule has 13 heteroatoms. The van der Waals surface area contributed by atoms with Crippen molar-refractivity contribution in [1.29, 1.82) is 0 Å². The molecular weight excluding hydrogens is 434 g/mol. The van der Waals surface area contributed by atoms with E-state index in [9.17, 15) is 29.4 Å². The summed E-state index contributed by atoms with van der Waals surface area (Å²) in [5, 5.41) is 24.0. The molecule has 0 aliphatic heterocycles. The molecule has 0 bridgehead atoms. The Balaban J connectivity index is 1.80. The van der Waals surface area contributed by atoms with E-state index in [1.165, 1.54) is 18.3 Å². The zero-order chi connectivity index (χ0) is 24.1. The Labute approximate surface area is 186 Å². The number of nitrogens with zero attached hydrogens (tertiary/aromatic N) is 3. The molecule has 0 radical (unpaired) electrons. The quantitative estimate of drug-likeness (QED) is 0.262. The second kappa shape index (κ2) is 9.72. The van der Waals surface area contributed by atoms with Crippen LogP contribution in [0.3, 0.4) is 0 Å². The van der Waals surface area contributed by atoms with E-state index in [4.69, 9.17) is 5.73 Å². The summed E-state index contributed by atoms with van der Waals surface area (Å²) >= 11 is 0. The van der Waals surface area contributed by atoms with E-state index < -0.39 is 29.4 Å². The molecule has 3 rings (SSSR count). The Morgan fingerprint density at radius 2 is 1.97 bits per heavy atom. The minimum Gasteiger partial charge on any atom is -0.480 e. The maximum absolute atomic E-state index is 12.4. The smallest absolute Gasteiger partial charge is 0.337 e. The Morgan fingerprint density at radius 1 is 1.21 bits per heavy atom. The number of carboxylic acid groups (broad SMARTS) is 2. The average Bonchev–Trinajstić information content (AvgIpc) is 2.77. The maximum atomic E-state index is 12.4. The molecule has 0 aliphatic carbocycles. The molecule has 3 aromatic rings. The van der Waals surface area contributed by atoms with Crippen LogP contribution in [0.2, 0.25) is 0 Å². The largest absolute Gasteiger partial charge is 0.480 e. The van der Waals surface area contributed by atoms with Crippen LogP contribution in [0.1, 0.15) is 46.2 Å². The summed E-state index contributed by atoms with van der Waals surface area (Å²) in [7, 11) is 0. The lowest BCUT2D eigenvalue weighted by Gasteiger charge is -2.15. The minimum absolute atomic E-state index is 0.000923. The zero-order valence-corrected chi connectivity index (χ0v) is 17.5. The summed E-state index contributed by atoms with van der Waals surface area (Å²) in [5.41, 5.74) is 5.29. The van der Waals surface area contributed by atoms with Gasteiger partial charge in [0.25, 0.3) is 11.5 Å². The van der Waals surface area contributed by atoms with Crippen LogP contribution < -0.4 is 21.9 Å². The number of aromatic amines is 1. The molecule has 0 spiro atoms. The van der Waals surface area contributed by atoms with Gasteiger partial charge in [0.2, 0.25) is 5.95 Å². The molecule has 1 amide bonds. The van der Waals surface area contributed by atoms with Crippen molar-refractivity contribution in [2.45, 2.75) is 32.4 Å². The third-order valence-electron chi connectivity index (χ3n) is 4.64. The van der Waals surface area contributed by atoms with Crippen molar-refractivity contribution >= 4 is 40.6 Å². The first-order valence-corrected chi connectivity index (χ1v) is 9.86. The van der Waals surface area contributed by atoms with Gasteiger partial charge in [-0.15, -0.1) is 0 Å². The summed E-state index contributed by atoms with van der Waals surface area (Å²) in [6.45, 7) is 1.81. The third-order valence-corrected chi connectivity index (χ3v) is 4.64. The number of hydrogen-bond acceptors (Lipinski definition) is 9. The summed E-state index contributed by atoms with van der Waals surface area (Å²) in [5.74, 6) is -3.25. The molecule has 13 nitrogen and oxygen atoms in total. The van der Waals surface area contributed by atoms with Crippen molar-refractivity contribution in [3.63, 3.8) is 0 Å². The van der Waals surface area contributed by atoms with E-state index in [2.05, 4.69) is 30.6 Å². The van der Waals surface area contributed by atoms with Gasteiger partial charge in [-0.25, -0.2) is 19.6 Å². The number of nitrogens with one attached hydrogen (secondary N) is 3. The van der Waals surface area contributed by atoms with Crippen molar-refractivity contribution in [3.8, 4) is 0 Å². The molecule has 0 saturated carbocycles. The number of benzene rings is 1. The van der Waals surface area contributed by atoms with Gasteiger partial charge in [-0.1, -0.05) is 13.3 Å². The number of carbonyl (C=O) groups is 3. The first-order chi connectivity index (χ1) is 15.7. The van der Waals surface area contributed by atoms with Crippen LogP contribution in [0, 0.1) is 0 Å². The highest BCUT2D eigenvalue weighted by Crippen LogP contribution is 2.19. The van der Waals surface area contributed by atoms with Gasteiger partial charge in [0, 0.05) is 11.3 Å². The lowest BCUT2D eigenvalue weighted by Crippen LogP contribution is -2.40. The molecule has 0 fully saturated rings. The number of rotatable bonds is 9. The predicted molar refractivity (Wildman–Crippen MR) is 117 cm³/mol. The average molecular weight is 455 g/mol. The minimum atomic E-state index is -1.30. The molecule has 1 unspecified atom stereocenters. The molecule has 1 atom stereocenters. The molecule has 0 aliphatic rings. The van der Waals surface area contributed by atoms with Gasteiger partial charge in [0.1, 0.15) is 6.04 Å². The third kappa shape index (κ3) is 5.39. The summed E-state index contributed by atoms with van der Waals surface area (Å²) < 4.78 is 0. The number of nitrogen functional groups attached to an aromatic ring is 1. The Bertz CT molecular complexity index is 1290. The monoisotopic (exact) mass is 455 g/mol.